The molecule has 0 aromatic rings. The van der Waals surface area contributed by atoms with Gasteiger partial charge in [-0.05, 0) is 40.5 Å². The van der Waals surface area contributed by atoms with Crippen molar-refractivity contribution in [2.24, 2.45) is 0 Å². The summed E-state index contributed by atoms with van der Waals surface area (Å²) in [6.07, 6.45) is 3.63. The Kier molecular flexibility index (Phi) is 7.45. The van der Waals surface area contributed by atoms with Gasteiger partial charge in [-0.2, -0.15) is 0 Å². The molecule has 2 unspecified atom stereocenters. The van der Waals surface area contributed by atoms with E-state index in [0.717, 1.165) is 5.57 Å². The molecule has 0 heterocycles. The number of nitrogens with one attached hydrogen (secondary N) is 1. The van der Waals surface area contributed by atoms with E-state index in [4.69, 9.17) is 4.74 Å². The largest absolute Gasteiger partial charge is 0.444 e. The molecule has 0 aliphatic carbocycles. The van der Waals surface area contributed by atoms with Crippen molar-refractivity contribution in [3.8, 4) is 0 Å². The molecule has 0 aliphatic heterocycles. The molecule has 2 N–H and O–H groups in total. The number of carbonyl (C=O) groups excluding carboxylic acids is 1. The average molecular weight is 269 g/mol. The maximum Gasteiger partial charge on any atom is 0.407 e. The number of alkyl carbamates (subject to hydrolysis) is 1. The number of aliphatic hydroxyl groups is 1. The van der Waals surface area contributed by atoms with Crippen molar-refractivity contribution in [2.45, 2.75) is 65.2 Å². The van der Waals surface area contributed by atoms with Gasteiger partial charge in [0.2, 0.25) is 0 Å². The van der Waals surface area contributed by atoms with Gasteiger partial charge in [-0.1, -0.05) is 31.2 Å². The van der Waals surface area contributed by atoms with Crippen molar-refractivity contribution < 1.29 is 14.6 Å². The van der Waals surface area contributed by atoms with Gasteiger partial charge in [0.15, 0.2) is 0 Å². The predicted octanol–water partition coefficient (Wildman–Crippen LogP) is 3.17. The van der Waals surface area contributed by atoms with Crippen LogP contribution >= 0.6 is 0 Å². The fraction of sp³-hybridized carbons (Fsp3) is 0.667. The lowest BCUT2D eigenvalue weighted by molar-refractivity contribution is 0.0419. The first-order chi connectivity index (χ1) is 8.73. The molecule has 4 nitrogen and oxygen atoms in total. The van der Waals surface area contributed by atoms with Crippen LogP contribution in [0.4, 0.5) is 4.79 Å². The summed E-state index contributed by atoms with van der Waals surface area (Å²) in [5, 5.41) is 12.7. The Hall–Kier alpha value is -1.29. The number of hydrogen-bond donors (Lipinski definition) is 2. The van der Waals surface area contributed by atoms with Gasteiger partial charge in [-0.25, -0.2) is 4.79 Å². The molecule has 0 saturated heterocycles. The molecular formula is C15H27NO3. The summed E-state index contributed by atoms with van der Waals surface area (Å²) in [6.45, 7) is 12.9. The van der Waals surface area contributed by atoms with Crippen LogP contribution in [0.1, 0.15) is 47.5 Å². The zero-order chi connectivity index (χ0) is 15.1. The van der Waals surface area contributed by atoms with Gasteiger partial charge in [0.1, 0.15) is 5.60 Å². The van der Waals surface area contributed by atoms with E-state index < -0.39 is 17.8 Å². The molecule has 2 atom stereocenters. The van der Waals surface area contributed by atoms with E-state index in [1.54, 1.807) is 26.8 Å². The first kappa shape index (κ1) is 17.7. The molecule has 0 saturated carbocycles. The monoisotopic (exact) mass is 269 g/mol. The summed E-state index contributed by atoms with van der Waals surface area (Å²) >= 11 is 0. The van der Waals surface area contributed by atoms with Gasteiger partial charge < -0.3 is 15.2 Å². The minimum absolute atomic E-state index is 0.371. The maximum atomic E-state index is 11.8. The highest BCUT2D eigenvalue weighted by atomic mass is 16.6. The number of aliphatic hydroxyl groups excluding tert-OH is 1. The van der Waals surface area contributed by atoms with Gasteiger partial charge >= 0.3 is 6.09 Å². The van der Waals surface area contributed by atoms with Crippen LogP contribution in [0.3, 0.4) is 0 Å². The number of carbonyl (C=O) groups is 1. The van der Waals surface area contributed by atoms with Gasteiger partial charge in [0, 0.05) is 0 Å². The van der Waals surface area contributed by atoms with Crippen molar-refractivity contribution in [2.75, 3.05) is 0 Å². The fourth-order valence-corrected chi connectivity index (χ4v) is 1.60. The summed E-state index contributed by atoms with van der Waals surface area (Å²) < 4.78 is 5.21. The normalized spacial score (nSPS) is 15.6. The number of rotatable bonds is 6. The van der Waals surface area contributed by atoms with E-state index in [1.807, 2.05) is 19.9 Å². The third kappa shape index (κ3) is 7.67. The molecule has 0 bridgehead atoms. The molecule has 0 aliphatic rings. The Balaban J connectivity index is 4.69. The molecule has 0 fully saturated rings. The van der Waals surface area contributed by atoms with E-state index in [1.165, 1.54) is 0 Å². The lowest BCUT2D eigenvalue weighted by Crippen LogP contribution is -2.45. The zero-order valence-corrected chi connectivity index (χ0v) is 12.7. The molecule has 0 radical (unpaired) electrons. The second-order valence-corrected chi connectivity index (χ2v) is 5.50. The van der Waals surface area contributed by atoms with E-state index in [-0.39, 0.29) is 6.04 Å². The molecule has 0 spiro atoms. The minimum atomic E-state index is -0.609. The Bertz CT molecular complexity index is 329. The molecule has 0 aromatic heterocycles. The highest BCUT2D eigenvalue weighted by Crippen LogP contribution is 2.13. The average Bonchev–Trinajstić information content (AvgIpc) is 2.31. The topological polar surface area (TPSA) is 58.6 Å². The van der Waals surface area contributed by atoms with Gasteiger partial charge in [0.05, 0.1) is 12.1 Å². The summed E-state index contributed by atoms with van der Waals surface area (Å²) in [5.41, 5.74) is 0.432. The quantitative estimate of drug-likeness (QED) is 0.728. The van der Waals surface area contributed by atoms with Crippen LogP contribution in [0.5, 0.6) is 0 Å². The van der Waals surface area contributed by atoms with Crippen molar-refractivity contribution in [1.29, 1.82) is 0 Å². The lowest BCUT2D eigenvalue weighted by atomic mass is 9.99. The number of ether oxygens (including phenoxy) is 1. The smallest absolute Gasteiger partial charge is 0.407 e. The highest BCUT2D eigenvalue weighted by Gasteiger charge is 2.23. The second-order valence-electron chi connectivity index (χ2n) is 5.50. The van der Waals surface area contributed by atoms with Crippen LogP contribution in [-0.2, 0) is 4.74 Å². The van der Waals surface area contributed by atoms with Gasteiger partial charge in [-0.3, -0.25) is 0 Å². The number of hydrogen-bond acceptors (Lipinski definition) is 3. The Morgan fingerprint density at radius 3 is 2.42 bits per heavy atom. The predicted molar refractivity (Wildman–Crippen MR) is 78.0 cm³/mol. The van der Waals surface area contributed by atoms with E-state index in [2.05, 4.69) is 11.9 Å². The first-order valence-corrected chi connectivity index (χ1v) is 6.68. The Labute approximate surface area is 116 Å². The van der Waals surface area contributed by atoms with Crippen LogP contribution < -0.4 is 5.32 Å². The molecule has 0 rings (SSSR count). The van der Waals surface area contributed by atoms with Gasteiger partial charge in [0.25, 0.3) is 0 Å². The van der Waals surface area contributed by atoms with Crippen LogP contribution in [0.15, 0.2) is 24.3 Å². The van der Waals surface area contributed by atoms with Crippen LogP contribution in [0.2, 0.25) is 0 Å². The molecule has 0 aromatic carbocycles. The molecule has 110 valence electrons. The maximum absolute atomic E-state index is 11.8. The summed E-state index contributed by atoms with van der Waals surface area (Å²) in [5.74, 6) is 0. The molecule has 4 heteroatoms. The standard InChI is InChI=1S/C15H27NO3/c1-7-11(8-2)10-12(13(17)9-3)16-14(18)19-15(4,5)6/h7-8,12-13,17H,1,9-10H2,2-6H3,(H,16,18). The summed E-state index contributed by atoms with van der Waals surface area (Å²) in [4.78, 5) is 11.8. The van der Waals surface area contributed by atoms with E-state index in [9.17, 15) is 9.90 Å². The van der Waals surface area contributed by atoms with E-state index in [0.29, 0.717) is 12.8 Å². The minimum Gasteiger partial charge on any atom is -0.444 e. The van der Waals surface area contributed by atoms with Crippen molar-refractivity contribution in [1.82, 2.24) is 5.32 Å². The molecular weight excluding hydrogens is 242 g/mol. The van der Waals surface area contributed by atoms with Gasteiger partial charge in [-0.15, -0.1) is 0 Å². The third-order valence-electron chi connectivity index (χ3n) is 2.67. The summed E-state index contributed by atoms with van der Waals surface area (Å²) in [7, 11) is 0. The van der Waals surface area contributed by atoms with Crippen molar-refractivity contribution in [3.63, 3.8) is 0 Å². The summed E-state index contributed by atoms with van der Waals surface area (Å²) in [6, 6.07) is -0.371. The third-order valence-corrected chi connectivity index (χ3v) is 2.67. The number of allylic oxidation sites excluding steroid dienone is 2. The Morgan fingerprint density at radius 1 is 1.47 bits per heavy atom. The Morgan fingerprint density at radius 2 is 2.05 bits per heavy atom. The highest BCUT2D eigenvalue weighted by molar-refractivity contribution is 5.68. The van der Waals surface area contributed by atoms with E-state index >= 15 is 0 Å². The van der Waals surface area contributed by atoms with Crippen molar-refractivity contribution in [3.05, 3.63) is 24.3 Å². The van der Waals surface area contributed by atoms with Crippen LogP contribution in [-0.4, -0.2) is 28.9 Å². The SMILES string of the molecule is C=CC(=CC)CC(NC(=O)OC(C)(C)C)C(O)CC. The fourth-order valence-electron chi connectivity index (χ4n) is 1.60. The molecule has 19 heavy (non-hydrogen) atoms. The molecule has 1 amide bonds. The lowest BCUT2D eigenvalue weighted by Gasteiger charge is -2.26. The van der Waals surface area contributed by atoms with Crippen LogP contribution in [0, 0.1) is 0 Å². The zero-order valence-electron chi connectivity index (χ0n) is 12.7. The first-order valence-electron chi connectivity index (χ1n) is 6.68. The van der Waals surface area contributed by atoms with Crippen LogP contribution in [0.25, 0.3) is 0 Å². The number of amides is 1. The second kappa shape index (κ2) is 8.00. The van der Waals surface area contributed by atoms with Crippen molar-refractivity contribution >= 4 is 6.09 Å².